The van der Waals surface area contributed by atoms with Crippen LogP contribution in [0.5, 0.6) is 5.75 Å². The Morgan fingerprint density at radius 1 is 1.35 bits per heavy atom. The molecule has 0 aromatic heterocycles. The minimum Gasteiger partial charge on any atom is -0.484 e. The average molecular weight is 236 g/mol. The van der Waals surface area contributed by atoms with Crippen LogP contribution in [-0.4, -0.2) is 24.3 Å². The normalized spacial score (nSPS) is 9.47. The van der Waals surface area contributed by atoms with E-state index in [1.807, 2.05) is 5.32 Å². The van der Waals surface area contributed by atoms with Gasteiger partial charge in [-0.05, 0) is 19.1 Å². The molecular formula is C11H12N2O4. The molecule has 0 heterocycles. The van der Waals surface area contributed by atoms with Crippen molar-refractivity contribution in [3.05, 3.63) is 29.8 Å². The van der Waals surface area contributed by atoms with Crippen LogP contribution in [-0.2, 0) is 4.79 Å². The maximum atomic E-state index is 11.1. The summed E-state index contributed by atoms with van der Waals surface area (Å²) < 4.78 is 5.09. The molecule has 0 atom stereocenters. The van der Waals surface area contributed by atoms with Gasteiger partial charge in [0.2, 0.25) is 0 Å². The number of hydrogen-bond acceptors (Lipinski definition) is 4. The molecule has 3 N–H and O–H groups in total. The summed E-state index contributed by atoms with van der Waals surface area (Å²) in [6.07, 6.45) is 0. The van der Waals surface area contributed by atoms with Crippen molar-refractivity contribution in [3.63, 3.8) is 0 Å². The van der Waals surface area contributed by atoms with E-state index in [4.69, 9.17) is 10.5 Å². The zero-order chi connectivity index (χ0) is 12.8. The molecule has 0 aliphatic rings. The van der Waals surface area contributed by atoms with Crippen LogP contribution in [0, 0.1) is 0 Å². The third-order valence-electron chi connectivity index (χ3n) is 1.87. The first-order valence-corrected chi connectivity index (χ1v) is 4.82. The van der Waals surface area contributed by atoms with E-state index in [9.17, 15) is 14.4 Å². The molecule has 0 unspecified atom stereocenters. The number of hydrogen-bond donors (Lipinski definition) is 2. The Balaban J connectivity index is 2.57. The van der Waals surface area contributed by atoms with Crippen LogP contribution >= 0.6 is 0 Å². The standard InChI is InChI=1S/C11H12N2O4/c1-7(14)8-3-2-4-9(5-8)17-6-10(15)13-11(12)16/h2-5H,6H2,1H3,(H3,12,13,15,16). The topological polar surface area (TPSA) is 98.5 Å². The zero-order valence-corrected chi connectivity index (χ0v) is 9.23. The minimum absolute atomic E-state index is 0.1000. The summed E-state index contributed by atoms with van der Waals surface area (Å²) in [6, 6.07) is 5.46. The number of ether oxygens (including phenoxy) is 1. The molecule has 6 heteroatoms. The fourth-order valence-corrected chi connectivity index (χ4v) is 1.13. The summed E-state index contributed by atoms with van der Waals surface area (Å²) in [4.78, 5) is 32.5. The molecule has 90 valence electrons. The molecule has 0 saturated heterocycles. The molecule has 3 amide bonds. The number of amides is 3. The average Bonchev–Trinajstić information content (AvgIpc) is 2.26. The number of nitrogens with one attached hydrogen (secondary N) is 1. The number of urea groups is 1. The predicted molar refractivity (Wildman–Crippen MR) is 59.7 cm³/mol. The lowest BCUT2D eigenvalue weighted by Crippen LogP contribution is -2.38. The number of imide groups is 1. The predicted octanol–water partition coefficient (Wildman–Crippen LogP) is 0.463. The van der Waals surface area contributed by atoms with E-state index < -0.39 is 11.9 Å². The molecule has 0 aliphatic heterocycles. The van der Waals surface area contributed by atoms with Crippen molar-refractivity contribution in [1.82, 2.24) is 5.32 Å². The van der Waals surface area contributed by atoms with Gasteiger partial charge in [-0.1, -0.05) is 12.1 Å². The largest absolute Gasteiger partial charge is 0.484 e. The minimum atomic E-state index is -0.934. The second-order valence-corrected chi connectivity index (χ2v) is 3.29. The second-order valence-electron chi connectivity index (χ2n) is 3.29. The highest BCUT2D eigenvalue weighted by Gasteiger charge is 2.06. The van der Waals surface area contributed by atoms with Gasteiger partial charge in [-0.3, -0.25) is 14.9 Å². The molecule has 0 fully saturated rings. The summed E-state index contributed by atoms with van der Waals surface area (Å²) in [5, 5.41) is 1.86. The van der Waals surface area contributed by atoms with Gasteiger partial charge in [0.1, 0.15) is 5.75 Å². The molecule has 1 aromatic rings. The number of nitrogens with two attached hydrogens (primary N) is 1. The summed E-state index contributed by atoms with van der Waals surface area (Å²) in [7, 11) is 0. The molecule has 0 saturated carbocycles. The van der Waals surface area contributed by atoms with Crippen molar-refractivity contribution < 1.29 is 19.1 Å². The van der Waals surface area contributed by atoms with Gasteiger partial charge in [-0.25, -0.2) is 4.79 Å². The molecule has 1 rings (SSSR count). The van der Waals surface area contributed by atoms with E-state index in [0.29, 0.717) is 11.3 Å². The van der Waals surface area contributed by atoms with Gasteiger partial charge in [0.15, 0.2) is 12.4 Å². The molecule has 17 heavy (non-hydrogen) atoms. The Morgan fingerprint density at radius 3 is 2.65 bits per heavy atom. The zero-order valence-electron chi connectivity index (χ0n) is 9.23. The maximum Gasteiger partial charge on any atom is 0.318 e. The molecule has 6 nitrogen and oxygen atoms in total. The van der Waals surface area contributed by atoms with E-state index >= 15 is 0 Å². The number of rotatable bonds is 4. The lowest BCUT2D eigenvalue weighted by atomic mass is 10.1. The summed E-state index contributed by atoms with van der Waals surface area (Å²) in [6.45, 7) is 1.09. The molecule has 0 bridgehead atoms. The van der Waals surface area contributed by atoms with Crippen molar-refractivity contribution in [2.45, 2.75) is 6.92 Å². The molecule has 1 aromatic carbocycles. The van der Waals surface area contributed by atoms with Crippen LogP contribution in [0.4, 0.5) is 4.79 Å². The maximum absolute atomic E-state index is 11.1. The monoisotopic (exact) mass is 236 g/mol. The van der Waals surface area contributed by atoms with Crippen molar-refractivity contribution in [2.75, 3.05) is 6.61 Å². The second kappa shape index (κ2) is 5.64. The van der Waals surface area contributed by atoms with Crippen LogP contribution in [0.25, 0.3) is 0 Å². The molecule has 0 aliphatic carbocycles. The van der Waals surface area contributed by atoms with E-state index in [2.05, 4.69) is 0 Å². The van der Waals surface area contributed by atoms with E-state index in [0.717, 1.165) is 0 Å². The number of Topliss-reactive ketones (excluding diaryl/α,β-unsaturated/α-hetero) is 1. The van der Waals surface area contributed by atoms with E-state index in [1.54, 1.807) is 18.2 Å². The van der Waals surface area contributed by atoms with Gasteiger partial charge in [0, 0.05) is 5.56 Å². The highest BCUT2D eigenvalue weighted by atomic mass is 16.5. The van der Waals surface area contributed by atoms with Crippen LogP contribution in [0.15, 0.2) is 24.3 Å². The first-order valence-electron chi connectivity index (χ1n) is 4.82. The van der Waals surface area contributed by atoms with Crippen LogP contribution in [0.2, 0.25) is 0 Å². The van der Waals surface area contributed by atoms with Gasteiger partial charge >= 0.3 is 6.03 Å². The fourth-order valence-electron chi connectivity index (χ4n) is 1.13. The smallest absolute Gasteiger partial charge is 0.318 e. The number of ketones is 1. The number of primary amides is 1. The molecular weight excluding hydrogens is 224 g/mol. The summed E-state index contributed by atoms with van der Waals surface area (Å²) >= 11 is 0. The van der Waals surface area contributed by atoms with Gasteiger partial charge in [0.25, 0.3) is 5.91 Å². The van der Waals surface area contributed by atoms with Crippen molar-refractivity contribution >= 4 is 17.7 Å². The number of carbonyl (C=O) groups excluding carboxylic acids is 3. The van der Waals surface area contributed by atoms with Crippen LogP contribution in [0.1, 0.15) is 17.3 Å². The Bertz CT molecular complexity index is 457. The Hall–Kier alpha value is -2.37. The summed E-state index contributed by atoms with van der Waals surface area (Å²) in [5.41, 5.74) is 5.24. The van der Waals surface area contributed by atoms with Crippen LogP contribution < -0.4 is 15.8 Å². The first-order chi connectivity index (χ1) is 7.99. The summed E-state index contributed by atoms with van der Waals surface area (Å²) in [5.74, 6) is -0.375. The third-order valence-corrected chi connectivity index (χ3v) is 1.87. The lowest BCUT2D eigenvalue weighted by molar-refractivity contribution is -0.121. The lowest BCUT2D eigenvalue weighted by Gasteiger charge is -2.06. The third kappa shape index (κ3) is 4.33. The molecule has 0 radical (unpaired) electrons. The van der Waals surface area contributed by atoms with Crippen molar-refractivity contribution in [3.8, 4) is 5.75 Å². The Kier molecular flexibility index (Phi) is 4.21. The number of carbonyl (C=O) groups is 3. The van der Waals surface area contributed by atoms with Gasteiger partial charge in [0.05, 0.1) is 0 Å². The number of benzene rings is 1. The van der Waals surface area contributed by atoms with Crippen LogP contribution in [0.3, 0.4) is 0 Å². The van der Waals surface area contributed by atoms with E-state index in [-0.39, 0.29) is 12.4 Å². The highest BCUT2D eigenvalue weighted by molar-refractivity contribution is 5.95. The molecule has 0 spiro atoms. The van der Waals surface area contributed by atoms with Gasteiger partial charge in [-0.15, -0.1) is 0 Å². The van der Waals surface area contributed by atoms with Crippen molar-refractivity contribution in [2.24, 2.45) is 5.73 Å². The SMILES string of the molecule is CC(=O)c1cccc(OCC(=O)NC(N)=O)c1. The fraction of sp³-hybridized carbons (Fsp3) is 0.182. The first kappa shape index (κ1) is 12.7. The van der Waals surface area contributed by atoms with Gasteiger partial charge in [-0.2, -0.15) is 0 Å². The highest BCUT2D eigenvalue weighted by Crippen LogP contribution is 2.13. The quantitative estimate of drug-likeness (QED) is 0.742. The van der Waals surface area contributed by atoms with E-state index in [1.165, 1.54) is 13.0 Å². The Labute approximate surface area is 97.7 Å². The van der Waals surface area contributed by atoms with Gasteiger partial charge < -0.3 is 10.5 Å². The Morgan fingerprint density at radius 2 is 2.06 bits per heavy atom. The van der Waals surface area contributed by atoms with Crippen molar-refractivity contribution in [1.29, 1.82) is 0 Å².